The highest BCUT2D eigenvalue weighted by Crippen LogP contribution is 2.33. The number of benzene rings is 2. The lowest BCUT2D eigenvalue weighted by Crippen LogP contribution is -2.45. The molecule has 1 heterocycles. The number of carbonyl (C=O) groups excluding carboxylic acids is 1. The van der Waals surface area contributed by atoms with Gasteiger partial charge in [0.25, 0.3) is 10.0 Å². The lowest BCUT2D eigenvalue weighted by atomic mass is 10.1. The van der Waals surface area contributed by atoms with E-state index in [1.54, 1.807) is 24.3 Å². The van der Waals surface area contributed by atoms with E-state index in [1.165, 1.54) is 0 Å². The summed E-state index contributed by atoms with van der Waals surface area (Å²) in [5, 5.41) is 1.85. The van der Waals surface area contributed by atoms with Crippen LogP contribution >= 0.6 is 0 Å². The number of ether oxygens (including phenoxy) is 2. The predicted molar refractivity (Wildman–Crippen MR) is 135 cm³/mol. The number of hydrogen-bond acceptors (Lipinski definition) is 6. The molecule has 2 aromatic carbocycles. The van der Waals surface area contributed by atoms with Crippen molar-refractivity contribution in [1.82, 2.24) is 9.84 Å². The fourth-order valence-corrected chi connectivity index (χ4v) is 5.47. The van der Waals surface area contributed by atoms with Crippen molar-refractivity contribution < 1.29 is 22.7 Å². The fourth-order valence-electron chi connectivity index (χ4n) is 4.32. The molecule has 8 heteroatoms. The summed E-state index contributed by atoms with van der Waals surface area (Å²) < 4.78 is 37.3. The van der Waals surface area contributed by atoms with Crippen molar-refractivity contribution >= 4 is 15.8 Å². The van der Waals surface area contributed by atoms with Crippen LogP contribution in [0.4, 0.5) is 0 Å². The molecule has 0 amide bonds. The van der Waals surface area contributed by atoms with Gasteiger partial charge in [0.15, 0.2) is 5.78 Å². The quantitative estimate of drug-likeness (QED) is 0.291. The Labute approximate surface area is 208 Å². The Kier molecular flexibility index (Phi) is 8.81. The van der Waals surface area contributed by atoms with Gasteiger partial charge in [-0.05, 0) is 93.5 Å². The number of Topliss-reactive ketones (excluding diaryl/α,β-unsaturated/α-hetero) is 1. The molecule has 0 bridgehead atoms. The van der Waals surface area contributed by atoms with Gasteiger partial charge in [0, 0.05) is 24.1 Å². The van der Waals surface area contributed by atoms with E-state index in [9.17, 15) is 13.2 Å². The predicted octanol–water partition coefficient (Wildman–Crippen LogP) is 4.98. The summed E-state index contributed by atoms with van der Waals surface area (Å²) in [5.74, 6) is 1.89. The number of sulfonamides is 1. The minimum absolute atomic E-state index is 0.142. The number of ketones is 1. The lowest BCUT2D eigenvalue weighted by molar-refractivity contribution is 0.0967. The van der Waals surface area contributed by atoms with Crippen LogP contribution in [-0.4, -0.2) is 45.0 Å². The largest absolute Gasteiger partial charge is 0.494 e. The number of carbonyl (C=O) groups is 1. The molecule has 1 aliphatic heterocycles. The number of rotatable bonds is 14. The SMILES string of the molecule is CCCCOc1ccc(S(=O)(=O)NN2CCCC2CCCOc2ccc(C(=O)C3CC3)cc2)cc1. The monoisotopic (exact) mass is 500 g/mol. The van der Waals surface area contributed by atoms with Crippen LogP contribution in [0.5, 0.6) is 11.5 Å². The molecule has 2 aromatic rings. The van der Waals surface area contributed by atoms with Gasteiger partial charge in [-0.1, -0.05) is 13.3 Å². The van der Waals surface area contributed by atoms with E-state index in [0.717, 1.165) is 62.7 Å². The maximum Gasteiger partial charge on any atom is 0.253 e. The minimum Gasteiger partial charge on any atom is -0.494 e. The normalized spacial score (nSPS) is 18.5. The molecule has 2 aliphatic rings. The summed E-state index contributed by atoms with van der Waals surface area (Å²) in [6.45, 7) is 3.97. The second-order valence-corrected chi connectivity index (χ2v) is 11.1. The van der Waals surface area contributed by atoms with Gasteiger partial charge in [0.2, 0.25) is 0 Å². The van der Waals surface area contributed by atoms with Gasteiger partial charge in [-0.2, -0.15) is 0 Å². The summed E-state index contributed by atoms with van der Waals surface area (Å²) in [4.78, 5) is 15.1. The second kappa shape index (κ2) is 12.0. The van der Waals surface area contributed by atoms with Crippen molar-refractivity contribution in [2.45, 2.75) is 69.2 Å². The highest BCUT2D eigenvalue weighted by atomic mass is 32.2. The van der Waals surface area contributed by atoms with Crippen molar-refractivity contribution in [3.63, 3.8) is 0 Å². The molecule has 190 valence electrons. The smallest absolute Gasteiger partial charge is 0.253 e. The van der Waals surface area contributed by atoms with E-state index < -0.39 is 10.0 Å². The Morgan fingerprint density at radius 2 is 1.57 bits per heavy atom. The van der Waals surface area contributed by atoms with Crippen LogP contribution in [0, 0.1) is 5.92 Å². The number of unbranched alkanes of at least 4 members (excludes halogenated alkanes) is 1. The van der Waals surface area contributed by atoms with Crippen molar-refractivity contribution in [1.29, 1.82) is 0 Å². The Hall–Kier alpha value is -2.42. The van der Waals surface area contributed by atoms with E-state index in [-0.39, 0.29) is 22.6 Å². The molecule has 1 saturated heterocycles. The molecular formula is C27H36N2O5S. The van der Waals surface area contributed by atoms with Gasteiger partial charge in [-0.15, -0.1) is 4.83 Å². The molecular weight excluding hydrogens is 464 g/mol. The summed E-state index contributed by atoms with van der Waals surface area (Å²) in [6, 6.07) is 14.1. The molecule has 7 nitrogen and oxygen atoms in total. The van der Waals surface area contributed by atoms with Crippen molar-refractivity contribution in [3.05, 3.63) is 54.1 Å². The van der Waals surface area contributed by atoms with E-state index >= 15 is 0 Å². The minimum atomic E-state index is -3.64. The summed E-state index contributed by atoms with van der Waals surface area (Å²) in [6.07, 6.45) is 7.59. The van der Waals surface area contributed by atoms with Crippen LogP contribution in [0.3, 0.4) is 0 Å². The standard InChI is InChI=1S/C27H36N2O5S/c1-2-3-19-33-25-14-16-26(17-15-25)35(31,32)28-29-18-4-6-23(29)7-5-20-34-24-12-10-22(11-13-24)27(30)21-8-9-21/h10-17,21,23,28H,2-9,18-20H2,1H3. The first kappa shape index (κ1) is 25.7. The molecule has 1 aliphatic carbocycles. The molecule has 0 aromatic heterocycles. The third kappa shape index (κ3) is 7.29. The Balaban J connectivity index is 1.22. The number of nitrogens with one attached hydrogen (secondary N) is 1. The highest BCUT2D eigenvalue weighted by Gasteiger charge is 2.30. The first-order valence-electron chi connectivity index (χ1n) is 12.8. The average molecular weight is 501 g/mol. The molecule has 0 radical (unpaired) electrons. The summed E-state index contributed by atoms with van der Waals surface area (Å²) in [7, 11) is -3.64. The van der Waals surface area contributed by atoms with Crippen LogP contribution in [0.1, 0.15) is 68.6 Å². The lowest BCUT2D eigenvalue weighted by Gasteiger charge is -2.25. The van der Waals surface area contributed by atoms with Crippen molar-refractivity contribution in [3.8, 4) is 11.5 Å². The number of hydrazine groups is 1. The van der Waals surface area contributed by atoms with Gasteiger partial charge >= 0.3 is 0 Å². The average Bonchev–Trinajstić information content (AvgIpc) is 3.63. The van der Waals surface area contributed by atoms with Crippen LogP contribution in [-0.2, 0) is 10.0 Å². The van der Waals surface area contributed by atoms with E-state index in [1.807, 2.05) is 29.3 Å². The van der Waals surface area contributed by atoms with Gasteiger partial charge in [0.1, 0.15) is 11.5 Å². The molecule has 0 spiro atoms. The number of hydrogen-bond donors (Lipinski definition) is 1. The molecule has 1 unspecified atom stereocenters. The summed E-state index contributed by atoms with van der Waals surface area (Å²) >= 11 is 0. The highest BCUT2D eigenvalue weighted by molar-refractivity contribution is 7.89. The van der Waals surface area contributed by atoms with Crippen molar-refractivity contribution in [2.24, 2.45) is 5.92 Å². The topological polar surface area (TPSA) is 84.9 Å². The molecule has 1 atom stereocenters. The van der Waals surface area contributed by atoms with Crippen LogP contribution < -0.4 is 14.3 Å². The van der Waals surface area contributed by atoms with Gasteiger partial charge in [-0.25, -0.2) is 13.4 Å². The van der Waals surface area contributed by atoms with Crippen molar-refractivity contribution in [2.75, 3.05) is 19.8 Å². The second-order valence-electron chi connectivity index (χ2n) is 9.41. The Morgan fingerprint density at radius 3 is 2.20 bits per heavy atom. The van der Waals surface area contributed by atoms with Gasteiger partial charge in [0.05, 0.1) is 18.1 Å². The first-order valence-corrected chi connectivity index (χ1v) is 14.2. The van der Waals surface area contributed by atoms with E-state index in [0.29, 0.717) is 25.5 Å². The summed E-state index contributed by atoms with van der Waals surface area (Å²) in [5.41, 5.74) is 0.757. The number of nitrogens with zero attached hydrogens (tertiary/aromatic N) is 1. The van der Waals surface area contributed by atoms with Crippen LogP contribution in [0.2, 0.25) is 0 Å². The van der Waals surface area contributed by atoms with E-state index in [4.69, 9.17) is 9.47 Å². The molecule has 4 rings (SSSR count). The maximum atomic E-state index is 12.9. The molecule has 35 heavy (non-hydrogen) atoms. The third-order valence-electron chi connectivity index (χ3n) is 6.55. The van der Waals surface area contributed by atoms with Gasteiger partial charge in [-0.3, -0.25) is 4.79 Å². The van der Waals surface area contributed by atoms with Gasteiger partial charge < -0.3 is 9.47 Å². The zero-order valence-electron chi connectivity index (χ0n) is 20.4. The van der Waals surface area contributed by atoms with Crippen LogP contribution in [0.15, 0.2) is 53.4 Å². The Morgan fingerprint density at radius 1 is 0.943 bits per heavy atom. The van der Waals surface area contributed by atoms with Crippen LogP contribution in [0.25, 0.3) is 0 Å². The maximum absolute atomic E-state index is 12.9. The third-order valence-corrected chi connectivity index (χ3v) is 7.92. The first-order chi connectivity index (χ1) is 17.0. The molecule has 1 N–H and O–H groups in total. The zero-order chi connectivity index (χ0) is 24.7. The molecule has 2 fully saturated rings. The Bertz CT molecular complexity index is 1070. The van der Waals surface area contributed by atoms with E-state index in [2.05, 4.69) is 11.8 Å². The fraction of sp³-hybridized carbons (Fsp3) is 0.519. The zero-order valence-corrected chi connectivity index (χ0v) is 21.3. The molecule has 1 saturated carbocycles.